The van der Waals surface area contributed by atoms with E-state index in [4.69, 9.17) is 0 Å². The summed E-state index contributed by atoms with van der Waals surface area (Å²) in [6.45, 7) is 7.41. The van der Waals surface area contributed by atoms with Crippen molar-refractivity contribution < 1.29 is 35.9 Å². The van der Waals surface area contributed by atoms with Crippen molar-refractivity contribution >= 4 is 11.8 Å². The van der Waals surface area contributed by atoms with Crippen molar-refractivity contribution in [2.75, 3.05) is 26.2 Å². The number of halogens is 6. The third-order valence-electron chi connectivity index (χ3n) is 5.84. The number of nitrogens with one attached hydrogen (secondary N) is 2. The van der Waals surface area contributed by atoms with E-state index >= 15 is 0 Å². The molecule has 0 aliphatic carbocycles. The van der Waals surface area contributed by atoms with Crippen LogP contribution >= 0.6 is 0 Å². The summed E-state index contributed by atoms with van der Waals surface area (Å²) in [6.07, 6.45) is -7.96. The molecular formula is C22H29F6N3O2. The molecule has 0 bridgehead atoms. The van der Waals surface area contributed by atoms with E-state index in [1.807, 2.05) is 25.7 Å². The van der Waals surface area contributed by atoms with Crippen LogP contribution in [0.3, 0.4) is 0 Å². The Labute approximate surface area is 188 Å². The molecular weight excluding hydrogens is 452 g/mol. The molecule has 1 aliphatic rings. The topological polar surface area (TPSA) is 61.4 Å². The smallest absolute Gasteiger partial charge is 0.352 e. The Morgan fingerprint density at radius 1 is 0.970 bits per heavy atom. The molecule has 1 aromatic rings. The fraction of sp³-hybridized carbons (Fsp3) is 0.636. The quantitative estimate of drug-likeness (QED) is 0.565. The second-order valence-electron chi connectivity index (χ2n) is 9.01. The van der Waals surface area contributed by atoms with E-state index in [1.165, 1.54) is 0 Å². The maximum atomic E-state index is 13.0. The van der Waals surface area contributed by atoms with Crippen molar-refractivity contribution in [2.24, 2.45) is 5.92 Å². The van der Waals surface area contributed by atoms with E-state index in [0.717, 1.165) is 6.42 Å². The zero-order valence-electron chi connectivity index (χ0n) is 18.8. The van der Waals surface area contributed by atoms with Gasteiger partial charge in [-0.1, -0.05) is 6.92 Å². The van der Waals surface area contributed by atoms with Crippen LogP contribution in [0.15, 0.2) is 18.2 Å². The van der Waals surface area contributed by atoms with E-state index in [0.29, 0.717) is 38.1 Å². The molecule has 5 nitrogen and oxygen atoms in total. The minimum Gasteiger partial charge on any atom is -0.352 e. The van der Waals surface area contributed by atoms with Gasteiger partial charge in [0.2, 0.25) is 5.91 Å². The first kappa shape index (κ1) is 26.9. The highest BCUT2D eigenvalue weighted by atomic mass is 19.4. The van der Waals surface area contributed by atoms with Gasteiger partial charge < -0.3 is 10.6 Å². The van der Waals surface area contributed by atoms with Crippen LogP contribution < -0.4 is 10.6 Å². The molecule has 0 radical (unpaired) electrons. The van der Waals surface area contributed by atoms with Crippen LogP contribution in [0.25, 0.3) is 0 Å². The molecule has 0 spiro atoms. The highest BCUT2D eigenvalue weighted by Crippen LogP contribution is 2.36. The molecule has 0 saturated carbocycles. The van der Waals surface area contributed by atoms with E-state index in [-0.39, 0.29) is 36.5 Å². The maximum absolute atomic E-state index is 13.0. The predicted molar refractivity (Wildman–Crippen MR) is 110 cm³/mol. The van der Waals surface area contributed by atoms with Gasteiger partial charge in [-0.15, -0.1) is 0 Å². The fourth-order valence-electron chi connectivity index (χ4n) is 3.48. The zero-order valence-corrected chi connectivity index (χ0v) is 18.8. The molecule has 1 fully saturated rings. The van der Waals surface area contributed by atoms with Crippen molar-refractivity contribution in [1.82, 2.24) is 15.5 Å². The Morgan fingerprint density at radius 2 is 1.48 bits per heavy atom. The molecule has 2 rings (SSSR count). The summed E-state index contributed by atoms with van der Waals surface area (Å²) in [5, 5.41) is 5.40. The van der Waals surface area contributed by atoms with Crippen molar-refractivity contribution in [3.8, 4) is 0 Å². The lowest BCUT2D eigenvalue weighted by atomic mass is 9.96. The van der Waals surface area contributed by atoms with Crippen LogP contribution in [0, 0.1) is 5.92 Å². The van der Waals surface area contributed by atoms with Gasteiger partial charge in [-0.25, -0.2) is 0 Å². The number of likely N-dealkylation sites (tertiary alicyclic amines) is 1. The molecule has 2 amide bonds. The lowest BCUT2D eigenvalue weighted by Gasteiger charge is -2.33. The average molecular weight is 481 g/mol. The summed E-state index contributed by atoms with van der Waals surface area (Å²) < 4.78 is 77.9. The molecule has 11 heteroatoms. The summed E-state index contributed by atoms with van der Waals surface area (Å²) in [7, 11) is 0. The standard InChI is InChI=1S/C22H29F6N3O2/c1-4-20(2,3)30-18(32)13-31-7-5-14(6-8-31)12-29-19(33)15-9-16(21(23,24)25)11-17(10-15)22(26,27)28/h9-11,14H,4-8,12-13H2,1-3H3,(H,29,33)(H,30,32). The van der Waals surface area contributed by atoms with Gasteiger partial charge in [-0.05, 0) is 70.3 Å². The van der Waals surface area contributed by atoms with Crippen LogP contribution in [0.2, 0.25) is 0 Å². The van der Waals surface area contributed by atoms with Gasteiger partial charge >= 0.3 is 12.4 Å². The third kappa shape index (κ3) is 8.21. The first-order valence-electron chi connectivity index (χ1n) is 10.7. The Balaban J connectivity index is 1.91. The van der Waals surface area contributed by atoms with Gasteiger partial charge in [-0.3, -0.25) is 14.5 Å². The normalized spacial score (nSPS) is 16.5. The van der Waals surface area contributed by atoms with Gasteiger partial charge in [0.25, 0.3) is 5.91 Å². The summed E-state index contributed by atoms with van der Waals surface area (Å²) >= 11 is 0. The molecule has 1 heterocycles. The Bertz CT molecular complexity index is 811. The number of rotatable bonds is 7. The second-order valence-corrected chi connectivity index (χ2v) is 9.01. The molecule has 33 heavy (non-hydrogen) atoms. The summed E-state index contributed by atoms with van der Waals surface area (Å²) in [6, 6.07) is 0.831. The molecule has 1 aromatic carbocycles. The van der Waals surface area contributed by atoms with Gasteiger partial charge in [0, 0.05) is 17.6 Å². The zero-order chi connectivity index (χ0) is 25.0. The SMILES string of the molecule is CCC(C)(C)NC(=O)CN1CCC(CNC(=O)c2cc(C(F)(F)F)cc(C(F)(F)F)c2)CC1. The van der Waals surface area contributed by atoms with Gasteiger partial charge in [-0.2, -0.15) is 26.3 Å². The highest BCUT2D eigenvalue weighted by molar-refractivity contribution is 5.94. The molecule has 0 atom stereocenters. The first-order valence-corrected chi connectivity index (χ1v) is 10.7. The number of piperidine rings is 1. The molecule has 1 aliphatic heterocycles. The number of amides is 2. The number of benzene rings is 1. The number of hydrogen-bond acceptors (Lipinski definition) is 3. The first-order chi connectivity index (χ1) is 15.1. The molecule has 1 saturated heterocycles. The second kappa shape index (κ2) is 10.3. The maximum Gasteiger partial charge on any atom is 0.416 e. The Kier molecular flexibility index (Phi) is 8.42. The number of hydrogen-bond donors (Lipinski definition) is 2. The summed E-state index contributed by atoms with van der Waals surface area (Å²) in [5.74, 6) is -1.07. The van der Waals surface area contributed by atoms with E-state index in [1.54, 1.807) is 0 Å². The molecule has 0 unspecified atom stereocenters. The van der Waals surface area contributed by atoms with Crippen molar-refractivity contribution in [2.45, 2.75) is 57.9 Å². The third-order valence-corrected chi connectivity index (χ3v) is 5.84. The minimum atomic E-state index is -5.01. The number of alkyl halides is 6. The Morgan fingerprint density at radius 3 is 1.94 bits per heavy atom. The summed E-state index contributed by atoms with van der Waals surface area (Å²) in [5.41, 5.74) is -4.04. The van der Waals surface area contributed by atoms with Crippen molar-refractivity contribution in [3.05, 3.63) is 34.9 Å². The average Bonchev–Trinajstić information content (AvgIpc) is 2.71. The largest absolute Gasteiger partial charge is 0.416 e. The fourth-order valence-corrected chi connectivity index (χ4v) is 3.48. The number of nitrogens with zero attached hydrogens (tertiary/aromatic N) is 1. The van der Waals surface area contributed by atoms with Crippen LogP contribution in [-0.2, 0) is 17.1 Å². The van der Waals surface area contributed by atoms with Crippen LogP contribution in [0.4, 0.5) is 26.3 Å². The lowest BCUT2D eigenvalue weighted by molar-refractivity contribution is -0.143. The molecule has 2 N–H and O–H groups in total. The van der Waals surface area contributed by atoms with Gasteiger partial charge in [0.15, 0.2) is 0 Å². The predicted octanol–water partition coefficient (Wildman–Crippen LogP) is 4.47. The highest BCUT2D eigenvalue weighted by Gasteiger charge is 2.37. The molecule has 186 valence electrons. The van der Waals surface area contributed by atoms with E-state index in [9.17, 15) is 35.9 Å². The van der Waals surface area contributed by atoms with Crippen molar-refractivity contribution in [1.29, 1.82) is 0 Å². The van der Waals surface area contributed by atoms with Crippen molar-refractivity contribution in [3.63, 3.8) is 0 Å². The molecule has 0 aromatic heterocycles. The lowest BCUT2D eigenvalue weighted by Crippen LogP contribution is -2.49. The Hall–Kier alpha value is -2.30. The monoisotopic (exact) mass is 481 g/mol. The summed E-state index contributed by atoms with van der Waals surface area (Å²) in [4.78, 5) is 26.4. The van der Waals surface area contributed by atoms with Crippen LogP contribution in [0.5, 0.6) is 0 Å². The van der Waals surface area contributed by atoms with E-state index in [2.05, 4.69) is 10.6 Å². The van der Waals surface area contributed by atoms with E-state index < -0.39 is 35.0 Å². The van der Waals surface area contributed by atoms with Gasteiger partial charge in [0.1, 0.15) is 0 Å². The van der Waals surface area contributed by atoms with Crippen LogP contribution in [0.1, 0.15) is 61.5 Å². The number of carbonyl (C=O) groups excluding carboxylic acids is 2. The van der Waals surface area contributed by atoms with Crippen LogP contribution in [-0.4, -0.2) is 48.4 Å². The minimum absolute atomic E-state index is 0.00762. The van der Waals surface area contributed by atoms with Gasteiger partial charge in [0.05, 0.1) is 17.7 Å². The number of carbonyl (C=O) groups is 2.